The van der Waals surface area contributed by atoms with Crippen LogP contribution in [0.1, 0.15) is 5.56 Å². The van der Waals surface area contributed by atoms with Crippen LogP contribution in [-0.4, -0.2) is 11.2 Å². The lowest BCUT2D eigenvalue weighted by Crippen LogP contribution is -1.93. The van der Waals surface area contributed by atoms with E-state index in [1.807, 2.05) is 66.7 Å². The molecule has 0 saturated carbocycles. The maximum Gasteiger partial charge on any atom is 0.146 e. The topological polar surface area (TPSA) is 37.3 Å². The third-order valence-electron chi connectivity index (χ3n) is 2.79. The highest BCUT2D eigenvalue weighted by Gasteiger charge is 1.95. The number of hydrogen-bond donors (Lipinski definition) is 1. The number of anilines is 1. The highest BCUT2D eigenvalue weighted by molar-refractivity contribution is 5.81. The summed E-state index contributed by atoms with van der Waals surface area (Å²) < 4.78 is 0. The zero-order valence-corrected chi connectivity index (χ0v) is 10.3. The molecule has 0 spiro atoms. The van der Waals surface area contributed by atoms with Crippen LogP contribution < -0.4 is 5.43 Å². The predicted molar refractivity (Wildman–Crippen MR) is 79.4 cm³/mol. The molecule has 1 aromatic heterocycles. The van der Waals surface area contributed by atoms with Gasteiger partial charge >= 0.3 is 0 Å². The zero-order chi connectivity index (χ0) is 12.9. The largest absolute Gasteiger partial charge is 0.261 e. The van der Waals surface area contributed by atoms with E-state index in [9.17, 15) is 0 Å². The molecule has 1 heterocycles. The van der Waals surface area contributed by atoms with E-state index in [-0.39, 0.29) is 0 Å². The summed E-state index contributed by atoms with van der Waals surface area (Å²) in [5.41, 5.74) is 4.96. The molecule has 0 aliphatic carbocycles. The van der Waals surface area contributed by atoms with Gasteiger partial charge < -0.3 is 0 Å². The highest BCUT2D eigenvalue weighted by Crippen LogP contribution is 2.14. The Kier molecular flexibility index (Phi) is 3.19. The van der Waals surface area contributed by atoms with Gasteiger partial charge in [-0.2, -0.15) is 5.10 Å². The van der Waals surface area contributed by atoms with Gasteiger partial charge in [-0.3, -0.25) is 5.43 Å². The molecular weight excluding hydrogens is 234 g/mol. The molecule has 2 aromatic carbocycles. The van der Waals surface area contributed by atoms with Crippen LogP contribution in [0.5, 0.6) is 0 Å². The second-order valence-electron chi connectivity index (χ2n) is 4.17. The average Bonchev–Trinajstić information content (AvgIpc) is 2.48. The molecule has 0 bridgehead atoms. The molecule has 3 nitrogen and oxygen atoms in total. The van der Waals surface area contributed by atoms with E-state index in [0.29, 0.717) is 0 Å². The summed E-state index contributed by atoms with van der Waals surface area (Å²) in [5, 5.41) is 5.31. The molecule has 0 amide bonds. The van der Waals surface area contributed by atoms with Gasteiger partial charge in [0.25, 0.3) is 0 Å². The molecule has 0 saturated heterocycles. The van der Waals surface area contributed by atoms with Gasteiger partial charge in [-0.25, -0.2) is 4.98 Å². The lowest BCUT2D eigenvalue weighted by molar-refractivity contribution is 1.26. The quantitative estimate of drug-likeness (QED) is 0.566. The summed E-state index contributed by atoms with van der Waals surface area (Å²) in [5.74, 6) is 0.742. The summed E-state index contributed by atoms with van der Waals surface area (Å²) in [6.07, 6.45) is 1.77. The Bertz CT molecular complexity index is 705. The van der Waals surface area contributed by atoms with E-state index in [1.165, 1.54) is 0 Å². The van der Waals surface area contributed by atoms with Crippen molar-refractivity contribution >= 4 is 22.9 Å². The van der Waals surface area contributed by atoms with Crippen LogP contribution in [0, 0.1) is 0 Å². The first-order valence-electron chi connectivity index (χ1n) is 6.12. The Morgan fingerprint density at radius 2 is 1.63 bits per heavy atom. The van der Waals surface area contributed by atoms with E-state index >= 15 is 0 Å². The summed E-state index contributed by atoms with van der Waals surface area (Å²) in [6, 6.07) is 21.9. The van der Waals surface area contributed by atoms with Crippen LogP contribution in [0.15, 0.2) is 71.8 Å². The van der Waals surface area contributed by atoms with Gasteiger partial charge in [0.15, 0.2) is 0 Å². The molecule has 3 aromatic rings. The molecule has 0 unspecified atom stereocenters. The number of nitrogens with zero attached hydrogens (tertiary/aromatic N) is 2. The maximum atomic E-state index is 4.48. The molecule has 0 atom stereocenters. The van der Waals surface area contributed by atoms with Crippen LogP contribution in [0.3, 0.4) is 0 Å². The number of hydrogen-bond acceptors (Lipinski definition) is 3. The summed E-state index contributed by atoms with van der Waals surface area (Å²) in [7, 11) is 0. The fraction of sp³-hybridized carbons (Fsp3) is 0. The Balaban J connectivity index is 1.77. The molecular formula is C16H13N3. The van der Waals surface area contributed by atoms with E-state index in [4.69, 9.17) is 0 Å². The van der Waals surface area contributed by atoms with Gasteiger partial charge in [0.1, 0.15) is 5.82 Å². The highest BCUT2D eigenvalue weighted by atomic mass is 15.3. The number of nitrogens with one attached hydrogen (secondary N) is 1. The first-order chi connectivity index (χ1) is 9.42. The van der Waals surface area contributed by atoms with Crippen LogP contribution in [-0.2, 0) is 0 Å². The molecule has 3 rings (SSSR count). The molecule has 0 radical (unpaired) electrons. The number of rotatable bonds is 3. The molecule has 0 aliphatic rings. The average molecular weight is 247 g/mol. The summed E-state index contributed by atoms with van der Waals surface area (Å²) in [4.78, 5) is 4.48. The van der Waals surface area contributed by atoms with Gasteiger partial charge in [-0.15, -0.1) is 0 Å². The van der Waals surface area contributed by atoms with E-state index in [1.54, 1.807) is 6.21 Å². The second kappa shape index (κ2) is 5.31. The first kappa shape index (κ1) is 11.4. The maximum absolute atomic E-state index is 4.48. The number of hydrazone groups is 1. The Morgan fingerprint density at radius 3 is 2.53 bits per heavy atom. The number of fused-ring (bicyclic) bond motifs is 1. The minimum absolute atomic E-state index is 0.742. The summed E-state index contributed by atoms with van der Waals surface area (Å²) in [6.45, 7) is 0. The van der Waals surface area contributed by atoms with Gasteiger partial charge in [-0.1, -0.05) is 48.5 Å². The Labute approximate surface area is 111 Å². The van der Waals surface area contributed by atoms with Crippen LogP contribution >= 0.6 is 0 Å². The monoisotopic (exact) mass is 247 g/mol. The van der Waals surface area contributed by atoms with Crippen molar-refractivity contribution in [1.29, 1.82) is 0 Å². The fourth-order valence-corrected chi connectivity index (χ4v) is 1.84. The van der Waals surface area contributed by atoms with Crippen molar-refractivity contribution in [3.8, 4) is 0 Å². The molecule has 0 aliphatic heterocycles. The molecule has 0 fully saturated rings. The van der Waals surface area contributed by atoms with Gasteiger partial charge in [0.2, 0.25) is 0 Å². The van der Waals surface area contributed by atoms with Crippen molar-refractivity contribution in [2.24, 2.45) is 5.10 Å². The zero-order valence-electron chi connectivity index (χ0n) is 10.3. The van der Waals surface area contributed by atoms with Crippen molar-refractivity contribution in [1.82, 2.24) is 4.98 Å². The third-order valence-corrected chi connectivity index (χ3v) is 2.79. The standard InChI is InChI=1S/C16H13N3/c1-2-6-13(7-3-1)12-17-19-16-11-10-14-8-4-5-9-15(14)18-16/h1-12H,(H,18,19). The Hall–Kier alpha value is -2.68. The number of para-hydroxylation sites is 1. The lowest BCUT2D eigenvalue weighted by Gasteiger charge is -2.01. The van der Waals surface area contributed by atoms with Gasteiger partial charge in [0, 0.05) is 5.39 Å². The van der Waals surface area contributed by atoms with Crippen LogP contribution in [0.25, 0.3) is 10.9 Å². The molecule has 1 N–H and O–H groups in total. The smallest absolute Gasteiger partial charge is 0.146 e. The SMILES string of the molecule is C(=NNc1ccc2ccccc2n1)c1ccccc1. The van der Waals surface area contributed by atoms with Crippen molar-refractivity contribution < 1.29 is 0 Å². The predicted octanol–water partition coefficient (Wildman–Crippen LogP) is 3.68. The number of benzene rings is 2. The van der Waals surface area contributed by atoms with Crippen molar-refractivity contribution in [2.45, 2.75) is 0 Å². The third kappa shape index (κ3) is 2.77. The normalized spacial score (nSPS) is 10.9. The first-order valence-corrected chi connectivity index (χ1v) is 6.12. The Morgan fingerprint density at radius 1 is 0.842 bits per heavy atom. The van der Waals surface area contributed by atoms with Gasteiger partial charge in [-0.05, 0) is 23.8 Å². The molecule has 19 heavy (non-hydrogen) atoms. The van der Waals surface area contributed by atoms with Crippen LogP contribution in [0.2, 0.25) is 0 Å². The van der Waals surface area contributed by atoms with E-state index in [0.717, 1.165) is 22.3 Å². The van der Waals surface area contributed by atoms with Crippen molar-refractivity contribution in [3.05, 3.63) is 72.3 Å². The number of pyridine rings is 1. The van der Waals surface area contributed by atoms with Gasteiger partial charge in [0.05, 0.1) is 11.7 Å². The molecule has 3 heteroatoms. The minimum Gasteiger partial charge on any atom is -0.261 e. The lowest BCUT2D eigenvalue weighted by atomic mass is 10.2. The van der Waals surface area contributed by atoms with Crippen LogP contribution in [0.4, 0.5) is 5.82 Å². The van der Waals surface area contributed by atoms with Crippen molar-refractivity contribution in [2.75, 3.05) is 5.43 Å². The van der Waals surface area contributed by atoms with E-state index < -0.39 is 0 Å². The fourth-order valence-electron chi connectivity index (χ4n) is 1.84. The molecule has 92 valence electrons. The minimum atomic E-state index is 0.742. The van der Waals surface area contributed by atoms with E-state index in [2.05, 4.69) is 15.5 Å². The number of aromatic nitrogens is 1. The van der Waals surface area contributed by atoms with Crippen molar-refractivity contribution in [3.63, 3.8) is 0 Å². The summed E-state index contributed by atoms with van der Waals surface area (Å²) >= 11 is 0. The second-order valence-corrected chi connectivity index (χ2v) is 4.17.